The van der Waals surface area contributed by atoms with Crippen molar-refractivity contribution in [3.8, 4) is 11.6 Å². The van der Waals surface area contributed by atoms with Crippen molar-refractivity contribution in [2.45, 2.75) is 0 Å². The minimum atomic E-state index is -0.315. The molecule has 0 atom stereocenters. The molecule has 0 aliphatic rings. The number of nitrogens with zero attached hydrogens (tertiary/aromatic N) is 2. The molecule has 2 aromatic heterocycles. The number of hydrogen-bond donors (Lipinski definition) is 0. The normalized spacial score (nSPS) is 10.8. The van der Waals surface area contributed by atoms with Crippen LogP contribution >= 0.6 is 22.9 Å². The van der Waals surface area contributed by atoms with Crippen LogP contribution in [0.25, 0.3) is 10.2 Å². The molecular formula is C12H6ClFN2OS. The van der Waals surface area contributed by atoms with Gasteiger partial charge < -0.3 is 4.74 Å². The highest BCUT2D eigenvalue weighted by Gasteiger charge is 2.10. The van der Waals surface area contributed by atoms with Gasteiger partial charge in [0, 0.05) is 0 Å². The number of aromatic nitrogens is 2. The SMILES string of the molecule is Fc1ccc(Oc2nc(Cl)nc3ccsc23)cc1. The summed E-state index contributed by atoms with van der Waals surface area (Å²) in [5.41, 5.74) is 0.733. The van der Waals surface area contributed by atoms with Crippen LogP contribution in [0.5, 0.6) is 11.6 Å². The first-order valence-corrected chi connectivity index (χ1v) is 6.32. The molecule has 0 aliphatic heterocycles. The summed E-state index contributed by atoms with van der Waals surface area (Å²) < 4.78 is 19.2. The van der Waals surface area contributed by atoms with Crippen LogP contribution in [0.3, 0.4) is 0 Å². The molecule has 0 fully saturated rings. The second-order valence-electron chi connectivity index (χ2n) is 3.49. The fraction of sp³-hybridized carbons (Fsp3) is 0. The molecule has 3 aromatic rings. The Morgan fingerprint density at radius 2 is 1.89 bits per heavy atom. The van der Waals surface area contributed by atoms with Crippen LogP contribution in [0.2, 0.25) is 5.28 Å². The van der Waals surface area contributed by atoms with Crippen LogP contribution in [0.1, 0.15) is 0 Å². The van der Waals surface area contributed by atoms with E-state index in [1.54, 1.807) is 0 Å². The van der Waals surface area contributed by atoms with Crippen LogP contribution in [0, 0.1) is 5.82 Å². The van der Waals surface area contributed by atoms with Gasteiger partial charge in [0.2, 0.25) is 11.2 Å². The van der Waals surface area contributed by atoms with Crippen molar-refractivity contribution in [2.75, 3.05) is 0 Å². The molecule has 0 unspecified atom stereocenters. The maximum Gasteiger partial charge on any atom is 0.241 e. The molecule has 0 aliphatic carbocycles. The van der Waals surface area contributed by atoms with Gasteiger partial charge in [-0.1, -0.05) is 0 Å². The third-order valence-corrected chi connectivity index (χ3v) is 3.33. The van der Waals surface area contributed by atoms with E-state index in [-0.39, 0.29) is 11.1 Å². The lowest BCUT2D eigenvalue weighted by molar-refractivity contribution is 0.467. The van der Waals surface area contributed by atoms with Gasteiger partial charge in [0.15, 0.2) is 0 Å². The van der Waals surface area contributed by atoms with E-state index in [9.17, 15) is 4.39 Å². The highest BCUT2D eigenvalue weighted by atomic mass is 35.5. The lowest BCUT2D eigenvalue weighted by Crippen LogP contribution is -1.91. The van der Waals surface area contributed by atoms with Crippen molar-refractivity contribution in [1.82, 2.24) is 9.97 Å². The van der Waals surface area contributed by atoms with Crippen molar-refractivity contribution in [3.63, 3.8) is 0 Å². The quantitative estimate of drug-likeness (QED) is 0.657. The summed E-state index contributed by atoms with van der Waals surface area (Å²) in [7, 11) is 0. The maximum atomic E-state index is 12.8. The Bertz CT molecular complexity index is 699. The average Bonchev–Trinajstić information content (AvgIpc) is 2.80. The highest BCUT2D eigenvalue weighted by Crippen LogP contribution is 2.32. The zero-order valence-corrected chi connectivity index (χ0v) is 10.5. The van der Waals surface area contributed by atoms with Crippen molar-refractivity contribution < 1.29 is 9.13 Å². The molecule has 18 heavy (non-hydrogen) atoms. The number of rotatable bonds is 2. The summed E-state index contributed by atoms with van der Waals surface area (Å²) >= 11 is 7.28. The molecule has 0 spiro atoms. The summed E-state index contributed by atoms with van der Waals surface area (Å²) in [6, 6.07) is 7.55. The van der Waals surface area contributed by atoms with Gasteiger partial charge in [0.1, 0.15) is 16.3 Å². The molecule has 90 valence electrons. The van der Waals surface area contributed by atoms with E-state index in [1.165, 1.54) is 35.6 Å². The average molecular weight is 281 g/mol. The van der Waals surface area contributed by atoms with Crippen LogP contribution in [0.15, 0.2) is 35.7 Å². The van der Waals surface area contributed by atoms with E-state index in [0.717, 1.165) is 10.2 Å². The third kappa shape index (κ3) is 2.14. The lowest BCUT2D eigenvalue weighted by Gasteiger charge is -2.05. The molecule has 2 heterocycles. The van der Waals surface area contributed by atoms with E-state index in [0.29, 0.717) is 11.6 Å². The van der Waals surface area contributed by atoms with E-state index < -0.39 is 0 Å². The first-order valence-electron chi connectivity index (χ1n) is 5.06. The summed E-state index contributed by atoms with van der Waals surface area (Å²) in [4.78, 5) is 8.12. The predicted octanol–water partition coefficient (Wildman–Crippen LogP) is 4.28. The van der Waals surface area contributed by atoms with E-state index in [4.69, 9.17) is 16.3 Å². The first kappa shape index (κ1) is 11.4. The number of hydrogen-bond acceptors (Lipinski definition) is 4. The third-order valence-electron chi connectivity index (χ3n) is 2.27. The minimum absolute atomic E-state index is 0.123. The standard InChI is InChI=1S/C12H6ClFN2OS/c13-12-15-9-5-6-18-10(9)11(16-12)17-8-3-1-7(14)2-4-8/h1-6H. The molecule has 0 saturated carbocycles. The summed E-state index contributed by atoms with van der Waals surface area (Å²) in [6.45, 7) is 0. The number of fused-ring (bicyclic) bond motifs is 1. The number of thiophene rings is 1. The van der Waals surface area contributed by atoms with Gasteiger partial charge >= 0.3 is 0 Å². The Morgan fingerprint density at radius 1 is 1.11 bits per heavy atom. The van der Waals surface area contributed by atoms with Crippen molar-refractivity contribution in [2.24, 2.45) is 0 Å². The summed E-state index contributed by atoms with van der Waals surface area (Å²) in [6.07, 6.45) is 0. The van der Waals surface area contributed by atoms with Crippen molar-refractivity contribution in [1.29, 1.82) is 0 Å². The van der Waals surface area contributed by atoms with Gasteiger partial charge in [0.25, 0.3) is 0 Å². The topological polar surface area (TPSA) is 35.0 Å². The first-order chi connectivity index (χ1) is 8.72. The number of benzene rings is 1. The van der Waals surface area contributed by atoms with Gasteiger partial charge in [-0.15, -0.1) is 11.3 Å². The van der Waals surface area contributed by atoms with Crippen LogP contribution in [-0.2, 0) is 0 Å². The van der Waals surface area contributed by atoms with E-state index >= 15 is 0 Å². The molecule has 0 N–H and O–H groups in total. The molecule has 3 rings (SSSR count). The fourth-order valence-electron chi connectivity index (χ4n) is 1.49. The highest BCUT2D eigenvalue weighted by molar-refractivity contribution is 7.17. The molecule has 6 heteroatoms. The molecule has 0 bridgehead atoms. The number of halogens is 2. The van der Waals surface area contributed by atoms with Gasteiger partial charge in [-0.05, 0) is 47.3 Å². The Hall–Kier alpha value is -1.72. The van der Waals surface area contributed by atoms with E-state index in [2.05, 4.69) is 9.97 Å². The second kappa shape index (κ2) is 4.51. The van der Waals surface area contributed by atoms with Gasteiger partial charge in [0.05, 0.1) is 5.52 Å². The molecule has 1 aromatic carbocycles. The van der Waals surface area contributed by atoms with Crippen LogP contribution < -0.4 is 4.74 Å². The molecule has 0 saturated heterocycles. The van der Waals surface area contributed by atoms with Gasteiger partial charge in [-0.2, -0.15) is 4.98 Å². The van der Waals surface area contributed by atoms with Crippen molar-refractivity contribution >= 4 is 33.2 Å². The second-order valence-corrected chi connectivity index (χ2v) is 4.74. The van der Waals surface area contributed by atoms with E-state index in [1.807, 2.05) is 11.4 Å². The molecular weight excluding hydrogens is 275 g/mol. The zero-order chi connectivity index (χ0) is 12.5. The van der Waals surface area contributed by atoms with Gasteiger partial charge in [-0.25, -0.2) is 9.37 Å². The Balaban J connectivity index is 2.03. The fourth-order valence-corrected chi connectivity index (χ4v) is 2.42. The van der Waals surface area contributed by atoms with Gasteiger partial charge in [-0.3, -0.25) is 0 Å². The largest absolute Gasteiger partial charge is 0.437 e. The lowest BCUT2D eigenvalue weighted by atomic mass is 10.3. The smallest absolute Gasteiger partial charge is 0.241 e. The monoisotopic (exact) mass is 280 g/mol. The minimum Gasteiger partial charge on any atom is -0.437 e. The van der Waals surface area contributed by atoms with Crippen LogP contribution in [-0.4, -0.2) is 9.97 Å². The maximum absolute atomic E-state index is 12.8. The summed E-state index contributed by atoms with van der Waals surface area (Å²) in [5.74, 6) is 0.566. The predicted molar refractivity (Wildman–Crippen MR) is 68.9 cm³/mol. The molecule has 3 nitrogen and oxygen atoms in total. The summed E-state index contributed by atoms with van der Waals surface area (Å²) in [5, 5.41) is 2.01. The molecule has 0 radical (unpaired) electrons. The van der Waals surface area contributed by atoms with Crippen LogP contribution in [0.4, 0.5) is 4.39 Å². The number of ether oxygens (including phenoxy) is 1. The molecule has 0 amide bonds. The van der Waals surface area contributed by atoms with Crippen molar-refractivity contribution in [3.05, 3.63) is 46.8 Å². The Morgan fingerprint density at radius 3 is 2.67 bits per heavy atom. The Kier molecular flexibility index (Phi) is 2.85. The Labute approximate surface area is 111 Å². The zero-order valence-electron chi connectivity index (χ0n) is 8.93.